The molecule has 0 bridgehead atoms. The van der Waals surface area contributed by atoms with Gasteiger partial charge in [-0.1, -0.05) is 47.7 Å². The fraction of sp³-hybridized carbons (Fsp3) is 0.174. The summed E-state index contributed by atoms with van der Waals surface area (Å²) in [7, 11) is 0. The van der Waals surface area contributed by atoms with E-state index < -0.39 is 0 Å². The Kier molecular flexibility index (Phi) is 5.83. The van der Waals surface area contributed by atoms with Crippen molar-refractivity contribution in [3.8, 4) is 11.5 Å². The van der Waals surface area contributed by atoms with Crippen LogP contribution >= 0.6 is 23.1 Å². The van der Waals surface area contributed by atoms with Crippen molar-refractivity contribution in [2.24, 2.45) is 5.10 Å². The molecule has 1 aliphatic rings. The van der Waals surface area contributed by atoms with Gasteiger partial charge in [0.25, 0.3) is 11.1 Å². The van der Waals surface area contributed by atoms with E-state index in [9.17, 15) is 4.79 Å². The van der Waals surface area contributed by atoms with Gasteiger partial charge in [-0.15, -0.1) is 21.5 Å². The highest BCUT2D eigenvalue weighted by Gasteiger charge is 2.33. The Morgan fingerprint density at radius 3 is 2.72 bits per heavy atom. The Morgan fingerprint density at radius 2 is 1.97 bits per heavy atom. The van der Waals surface area contributed by atoms with Gasteiger partial charge in [0.2, 0.25) is 5.89 Å². The molecule has 0 saturated heterocycles. The summed E-state index contributed by atoms with van der Waals surface area (Å²) in [5.41, 5.74) is 3.97. The number of hydrazone groups is 1. The molecule has 160 valence electrons. The van der Waals surface area contributed by atoms with Gasteiger partial charge in [0, 0.05) is 24.4 Å². The lowest BCUT2D eigenvalue weighted by Crippen LogP contribution is -2.28. The lowest BCUT2D eigenvalue weighted by atomic mass is 10.00. The van der Waals surface area contributed by atoms with Crippen LogP contribution in [0.3, 0.4) is 0 Å². The number of benzene rings is 1. The Hall–Kier alpha value is -3.30. The maximum absolute atomic E-state index is 13.2. The molecule has 7 nitrogen and oxygen atoms in total. The van der Waals surface area contributed by atoms with Gasteiger partial charge < -0.3 is 4.42 Å². The molecule has 0 fully saturated rings. The first-order valence-corrected chi connectivity index (χ1v) is 11.9. The van der Waals surface area contributed by atoms with Gasteiger partial charge >= 0.3 is 0 Å². The molecule has 3 aromatic heterocycles. The first-order valence-electron chi connectivity index (χ1n) is 10.0. The third-order valence-electron chi connectivity index (χ3n) is 5.09. The zero-order chi connectivity index (χ0) is 21.9. The van der Waals surface area contributed by atoms with Crippen molar-refractivity contribution >= 4 is 34.7 Å². The summed E-state index contributed by atoms with van der Waals surface area (Å²) >= 11 is 2.85. The molecule has 0 saturated carbocycles. The van der Waals surface area contributed by atoms with E-state index >= 15 is 0 Å². The van der Waals surface area contributed by atoms with E-state index in [1.807, 2.05) is 17.5 Å². The van der Waals surface area contributed by atoms with E-state index in [2.05, 4.69) is 46.4 Å². The molecule has 4 heterocycles. The number of amides is 1. The topological polar surface area (TPSA) is 84.5 Å². The number of carbonyl (C=O) groups excluding carboxylic acids is 1. The van der Waals surface area contributed by atoms with Crippen molar-refractivity contribution < 1.29 is 9.21 Å². The number of pyridine rings is 1. The zero-order valence-electron chi connectivity index (χ0n) is 17.2. The number of nitrogens with zero attached hydrogens (tertiary/aromatic N) is 5. The highest BCUT2D eigenvalue weighted by Crippen LogP contribution is 2.35. The highest BCUT2D eigenvalue weighted by atomic mass is 32.2. The van der Waals surface area contributed by atoms with E-state index in [0.717, 1.165) is 21.7 Å². The van der Waals surface area contributed by atoms with Gasteiger partial charge in [0.1, 0.15) is 0 Å². The van der Waals surface area contributed by atoms with Crippen LogP contribution in [0.2, 0.25) is 0 Å². The summed E-state index contributed by atoms with van der Waals surface area (Å²) in [6.45, 7) is 2.05. The van der Waals surface area contributed by atoms with Gasteiger partial charge in [0.05, 0.1) is 22.4 Å². The number of rotatable bonds is 6. The van der Waals surface area contributed by atoms with Gasteiger partial charge in [0.15, 0.2) is 0 Å². The SMILES string of the molecule is Cc1ccc([C@H]2CC(c3cccs3)=NN2C(=O)CSc2nnc(-c3ccncc3)o2)cc1. The maximum atomic E-state index is 13.2. The minimum atomic E-state index is -0.129. The largest absolute Gasteiger partial charge is 0.411 e. The first-order chi connectivity index (χ1) is 15.7. The van der Waals surface area contributed by atoms with Crippen molar-refractivity contribution in [2.75, 3.05) is 5.75 Å². The van der Waals surface area contributed by atoms with E-state index in [1.165, 1.54) is 17.3 Å². The van der Waals surface area contributed by atoms with Crippen molar-refractivity contribution in [1.82, 2.24) is 20.2 Å². The predicted octanol–water partition coefficient (Wildman–Crippen LogP) is 4.97. The minimum absolute atomic E-state index is 0.101. The smallest absolute Gasteiger partial charge is 0.277 e. The Morgan fingerprint density at radius 1 is 1.16 bits per heavy atom. The van der Waals surface area contributed by atoms with E-state index in [0.29, 0.717) is 17.5 Å². The molecule has 0 unspecified atom stereocenters. The summed E-state index contributed by atoms with van der Waals surface area (Å²) in [4.78, 5) is 18.2. The van der Waals surface area contributed by atoms with Gasteiger partial charge in [-0.3, -0.25) is 9.78 Å². The summed E-state index contributed by atoms with van der Waals surface area (Å²) in [6, 6.07) is 15.8. The molecule has 1 amide bonds. The van der Waals surface area contributed by atoms with Crippen LogP contribution in [0.4, 0.5) is 0 Å². The molecular weight excluding hydrogens is 442 g/mol. The monoisotopic (exact) mass is 461 g/mol. The lowest BCUT2D eigenvalue weighted by molar-refractivity contribution is -0.130. The number of thioether (sulfide) groups is 1. The Labute approximate surface area is 193 Å². The third-order valence-corrected chi connectivity index (χ3v) is 6.81. The van der Waals surface area contributed by atoms with Crippen molar-refractivity contribution in [3.05, 3.63) is 82.3 Å². The van der Waals surface area contributed by atoms with Crippen LogP contribution in [0.25, 0.3) is 11.5 Å². The van der Waals surface area contributed by atoms with Gasteiger partial charge in [-0.25, -0.2) is 5.01 Å². The standard InChI is InChI=1S/C23H19N5O2S2/c1-15-4-6-16(7-5-15)19-13-18(20-3-2-12-31-20)27-28(19)21(29)14-32-23-26-25-22(30-23)17-8-10-24-11-9-17/h2-12,19H,13-14H2,1H3/t19-/m1/s1. The number of carbonyl (C=O) groups is 1. The highest BCUT2D eigenvalue weighted by molar-refractivity contribution is 7.99. The molecule has 9 heteroatoms. The molecule has 4 aromatic rings. The predicted molar refractivity (Wildman–Crippen MR) is 124 cm³/mol. The lowest BCUT2D eigenvalue weighted by Gasteiger charge is -2.21. The average Bonchev–Trinajstić information content (AvgIpc) is 3.59. The number of hydrogen-bond acceptors (Lipinski definition) is 8. The zero-order valence-corrected chi connectivity index (χ0v) is 18.8. The second-order valence-corrected chi connectivity index (χ2v) is 9.16. The molecule has 1 aromatic carbocycles. The van der Waals surface area contributed by atoms with Crippen molar-refractivity contribution in [1.29, 1.82) is 0 Å². The summed E-state index contributed by atoms with van der Waals surface area (Å²) in [5.74, 6) is 0.455. The molecule has 32 heavy (non-hydrogen) atoms. The molecule has 0 N–H and O–H groups in total. The molecule has 0 aliphatic carbocycles. The second-order valence-electron chi connectivity index (χ2n) is 7.29. The maximum Gasteiger partial charge on any atom is 0.277 e. The number of aryl methyl sites for hydroxylation is 1. The molecule has 0 radical (unpaired) electrons. The number of hydrogen-bond donors (Lipinski definition) is 0. The van der Waals surface area contributed by atoms with E-state index in [1.54, 1.807) is 40.9 Å². The van der Waals surface area contributed by atoms with Crippen molar-refractivity contribution in [2.45, 2.75) is 24.6 Å². The van der Waals surface area contributed by atoms with Crippen LogP contribution in [0, 0.1) is 6.92 Å². The van der Waals surface area contributed by atoms with Crippen LogP contribution in [0.5, 0.6) is 0 Å². The van der Waals surface area contributed by atoms with Crippen LogP contribution in [0.15, 0.2) is 81.0 Å². The van der Waals surface area contributed by atoms with E-state index in [-0.39, 0.29) is 17.7 Å². The van der Waals surface area contributed by atoms with Gasteiger partial charge in [-0.05, 0) is 36.1 Å². The summed E-state index contributed by atoms with van der Waals surface area (Å²) in [5, 5.41) is 16.8. The summed E-state index contributed by atoms with van der Waals surface area (Å²) < 4.78 is 5.70. The normalized spacial score (nSPS) is 15.7. The van der Waals surface area contributed by atoms with Gasteiger partial charge in [-0.2, -0.15) is 5.10 Å². The first kappa shape index (κ1) is 20.6. The third kappa shape index (κ3) is 4.35. The average molecular weight is 462 g/mol. The fourth-order valence-electron chi connectivity index (χ4n) is 3.45. The van der Waals surface area contributed by atoms with Crippen LogP contribution in [0.1, 0.15) is 28.5 Å². The minimum Gasteiger partial charge on any atom is -0.411 e. The quantitative estimate of drug-likeness (QED) is 0.377. The second kappa shape index (κ2) is 9.05. The Bertz CT molecular complexity index is 1240. The van der Waals surface area contributed by atoms with E-state index in [4.69, 9.17) is 9.52 Å². The van der Waals surface area contributed by atoms with Crippen LogP contribution < -0.4 is 0 Å². The Balaban J connectivity index is 1.33. The molecule has 1 atom stereocenters. The number of aromatic nitrogens is 3. The molecule has 5 rings (SSSR count). The van der Waals surface area contributed by atoms with Crippen LogP contribution in [-0.4, -0.2) is 37.6 Å². The molecule has 1 aliphatic heterocycles. The van der Waals surface area contributed by atoms with Crippen LogP contribution in [-0.2, 0) is 4.79 Å². The molecule has 0 spiro atoms. The number of thiophene rings is 1. The summed E-state index contributed by atoms with van der Waals surface area (Å²) in [6.07, 6.45) is 4.02. The fourth-order valence-corrected chi connectivity index (χ4v) is 4.79. The van der Waals surface area contributed by atoms with Crippen molar-refractivity contribution in [3.63, 3.8) is 0 Å². The molecular formula is C23H19N5O2S2.